The van der Waals surface area contributed by atoms with Gasteiger partial charge in [0.25, 0.3) is 5.91 Å². The number of carbonyl (C=O) groups excluding carboxylic acids is 1. The molecule has 3 rings (SSSR count). The molecule has 1 heterocycles. The van der Waals surface area contributed by atoms with E-state index in [1.165, 1.54) is 14.2 Å². The molecule has 1 aromatic heterocycles. The molecular formula is C19H18N2O5. The zero-order valence-electron chi connectivity index (χ0n) is 14.6. The lowest BCUT2D eigenvalue weighted by molar-refractivity contribution is 0.102. The SMILES string of the molecule is CNc1c(NC(=O)c2cc(OC)cc(OC)c2)c(=O)oc2ccccc12. The zero-order chi connectivity index (χ0) is 18.7. The summed E-state index contributed by atoms with van der Waals surface area (Å²) in [7, 11) is 4.66. The molecule has 0 aliphatic carbocycles. The third-order valence-corrected chi connectivity index (χ3v) is 3.92. The van der Waals surface area contributed by atoms with Crippen molar-refractivity contribution < 1.29 is 18.7 Å². The van der Waals surface area contributed by atoms with Crippen molar-refractivity contribution in [3.63, 3.8) is 0 Å². The molecule has 3 aromatic rings. The Bertz CT molecular complexity index is 1000. The summed E-state index contributed by atoms with van der Waals surface area (Å²) in [6.07, 6.45) is 0. The van der Waals surface area contributed by atoms with E-state index in [1.807, 2.05) is 6.07 Å². The van der Waals surface area contributed by atoms with Crippen LogP contribution in [0.4, 0.5) is 11.4 Å². The number of hydrogen-bond acceptors (Lipinski definition) is 6. The number of benzene rings is 2. The minimum Gasteiger partial charge on any atom is -0.497 e. The van der Waals surface area contributed by atoms with Crippen molar-refractivity contribution >= 4 is 28.3 Å². The molecule has 0 bridgehead atoms. The molecule has 0 fully saturated rings. The topological polar surface area (TPSA) is 89.8 Å². The van der Waals surface area contributed by atoms with E-state index < -0.39 is 11.5 Å². The maximum absolute atomic E-state index is 12.7. The van der Waals surface area contributed by atoms with Crippen molar-refractivity contribution in [3.8, 4) is 11.5 Å². The van der Waals surface area contributed by atoms with Crippen LogP contribution in [0.15, 0.2) is 51.7 Å². The Labute approximate surface area is 149 Å². The number of amides is 1. The van der Waals surface area contributed by atoms with E-state index >= 15 is 0 Å². The van der Waals surface area contributed by atoms with Crippen LogP contribution in [-0.2, 0) is 0 Å². The fraction of sp³-hybridized carbons (Fsp3) is 0.158. The average Bonchev–Trinajstić information content (AvgIpc) is 2.67. The van der Waals surface area contributed by atoms with Crippen LogP contribution in [0.2, 0.25) is 0 Å². The van der Waals surface area contributed by atoms with Gasteiger partial charge in [-0.3, -0.25) is 4.79 Å². The Kier molecular flexibility index (Phi) is 4.79. The van der Waals surface area contributed by atoms with Gasteiger partial charge in [0.1, 0.15) is 17.1 Å². The molecule has 26 heavy (non-hydrogen) atoms. The molecule has 0 atom stereocenters. The Morgan fingerprint density at radius 1 is 1.00 bits per heavy atom. The highest BCUT2D eigenvalue weighted by atomic mass is 16.5. The first-order valence-electron chi connectivity index (χ1n) is 7.85. The van der Waals surface area contributed by atoms with Gasteiger partial charge in [0.15, 0.2) is 5.69 Å². The van der Waals surface area contributed by atoms with Gasteiger partial charge in [-0.25, -0.2) is 4.79 Å². The largest absolute Gasteiger partial charge is 0.497 e. The molecule has 0 saturated heterocycles. The van der Waals surface area contributed by atoms with Crippen molar-refractivity contribution in [1.82, 2.24) is 0 Å². The van der Waals surface area contributed by atoms with Gasteiger partial charge in [0.2, 0.25) is 0 Å². The number of para-hydroxylation sites is 1. The molecule has 0 unspecified atom stereocenters. The Hall–Kier alpha value is -3.48. The summed E-state index contributed by atoms with van der Waals surface area (Å²) >= 11 is 0. The van der Waals surface area contributed by atoms with Gasteiger partial charge >= 0.3 is 5.63 Å². The highest BCUT2D eigenvalue weighted by Crippen LogP contribution is 2.29. The van der Waals surface area contributed by atoms with Crippen LogP contribution < -0.4 is 25.7 Å². The number of methoxy groups -OCH3 is 2. The van der Waals surface area contributed by atoms with Crippen molar-refractivity contribution in [2.24, 2.45) is 0 Å². The molecule has 2 aromatic carbocycles. The highest BCUT2D eigenvalue weighted by Gasteiger charge is 2.18. The van der Waals surface area contributed by atoms with E-state index in [1.54, 1.807) is 43.4 Å². The van der Waals surface area contributed by atoms with E-state index in [0.717, 1.165) is 0 Å². The van der Waals surface area contributed by atoms with E-state index in [9.17, 15) is 9.59 Å². The van der Waals surface area contributed by atoms with E-state index in [-0.39, 0.29) is 11.3 Å². The standard InChI is InChI=1S/C19H18N2O5/c1-20-16-14-6-4-5-7-15(14)26-19(23)17(16)21-18(22)11-8-12(24-2)10-13(9-11)25-3/h4-10,20H,1-3H3,(H,21,22). The second kappa shape index (κ2) is 7.18. The molecule has 1 amide bonds. The third kappa shape index (κ3) is 3.19. The molecule has 2 N–H and O–H groups in total. The van der Waals surface area contributed by atoms with Crippen molar-refractivity contribution in [1.29, 1.82) is 0 Å². The zero-order valence-corrected chi connectivity index (χ0v) is 14.6. The maximum atomic E-state index is 12.7. The first-order chi connectivity index (χ1) is 12.6. The molecule has 134 valence electrons. The van der Waals surface area contributed by atoms with Gasteiger partial charge in [0, 0.05) is 24.1 Å². The van der Waals surface area contributed by atoms with E-state index in [0.29, 0.717) is 28.2 Å². The van der Waals surface area contributed by atoms with Crippen LogP contribution in [-0.4, -0.2) is 27.2 Å². The summed E-state index contributed by atoms with van der Waals surface area (Å²) < 4.78 is 15.6. The fourth-order valence-corrected chi connectivity index (χ4v) is 2.65. The number of carbonyl (C=O) groups is 1. The lowest BCUT2D eigenvalue weighted by atomic mass is 10.1. The summed E-state index contributed by atoms with van der Waals surface area (Å²) in [4.78, 5) is 25.0. The van der Waals surface area contributed by atoms with E-state index in [2.05, 4.69) is 10.6 Å². The highest BCUT2D eigenvalue weighted by molar-refractivity contribution is 6.08. The van der Waals surface area contributed by atoms with Gasteiger partial charge < -0.3 is 24.5 Å². The summed E-state index contributed by atoms with van der Waals surface area (Å²) in [5.74, 6) is 0.448. The van der Waals surface area contributed by atoms with Crippen LogP contribution in [0.5, 0.6) is 11.5 Å². The molecule has 0 saturated carbocycles. The Morgan fingerprint density at radius 3 is 2.27 bits per heavy atom. The van der Waals surface area contributed by atoms with Gasteiger partial charge in [-0.15, -0.1) is 0 Å². The van der Waals surface area contributed by atoms with Gasteiger partial charge in [-0.1, -0.05) is 12.1 Å². The average molecular weight is 354 g/mol. The quantitative estimate of drug-likeness (QED) is 0.684. The summed E-state index contributed by atoms with van der Waals surface area (Å²) in [6.45, 7) is 0. The van der Waals surface area contributed by atoms with Gasteiger partial charge in [0.05, 0.1) is 19.9 Å². The second-order valence-corrected chi connectivity index (χ2v) is 5.44. The van der Waals surface area contributed by atoms with Crippen LogP contribution in [0, 0.1) is 0 Å². The van der Waals surface area contributed by atoms with Gasteiger partial charge in [-0.2, -0.15) is 0 Å². The number of anilines is 2. The van der Waals surface area contributed by atoms with Crippen molar-refractivity contribution in [2.45, 2.75) is 0 Å². The van der Waals surface area contributed by atoms with Crippen LogP contribution in [0.3, 0.4) is 0 Å². The number of nitrogens with one attached hydrogen (secondary N) is 2. The number of rotatable bonds is 5. The summed E-state index contributed by atoms with van der Waals surface area (Å²) in [6, 6.07) is 11.8. The number of ether oxygens (including phenoxy) is 2. The Balaban J connectivity index is 2.05. The molecule has 7 heteroatoms. The molecule has 0 spiro atoms. The molecule has 7 nitrogen and oxygen atoms in total. The third-order valence-electron chi connectivity index (χ3n) is 3.92. The monoisotopic (exact) mass is 354 g/mol. The Morgan fingerprint density at radius 2 is 1.65 bits per heavy atom. The molecule has 0 aliphatic rings. The minimum absolute atomic E-state index is 0.0398. The molecule has 0 aliphatic heterocycles. The van der Waals surface area contributed by atoms with Gasteiger partial charge in [-0.05, 0) is 24.3 Å². The van der Waals surface area contributed by atoms with Crippen LogP contribution in [0.1, 0.15) is 10.4 Å². The lowest BCUT2D eigenvalue weighted by Gasteiger charge is -2.13. The molecular weight excluding hydrogens is 336 g/mol. The maximum Gasteiger partial charge on any atom is 0.362 e. The lowest BCUT2D eigenvalue weighted by Crippen LogP contribution is -2.19. The minimum atomic E-state index is -0.642. The molecule has 0 radical (unpaired) electrons. The van der Waals surface area contributed by atoms with E-state index in [4.69, 9.17) is 13.9 Å². The van der Waals surface area contributed by atoms with Crippen LogP contribution in [0.25, 0.3) is 11.0 Å². The number of fused-ring (bicyclic) bond motifs is 1. The second-order valence-electron chi connectivity index (χ2n) is 5.44. The number of hydrogen-bond donors (Lipinski definition) is 2. The van der Waals surface area contributed by atoms with Crippen LogP contribution >= 0.6 is 0 Å². The predicted molar refractivity (Wildman–Crippen MR) is 99.5 cm³/mol. The van der Waals surface area contributed by atoms with Crippen molar-refractivity contribution in [3.05, 3.63) is 58.4 Å². The van der Waals surface area contributed by atoms with Crippen molar-refractivity contribution in [2.75, 3.05) is 31.9 Å². The summed E-state index contributed by atoms with van der Waals surface area (Å²) in [5.41, 5.74) is 0.605. The first kappa shape index (κ1) is 17.3. The first-order valence-corrected chi connectivity index (χ1v) is 7.85. The fourth-order valence-electron chi connectivity index (χ4n) is 2.65. The predicted octanol–water partition coefficient (Wildman–Crippen LogP) is 3.10. The normalized spacial score (nSPS) is 10.4. The smallest absolute Gasteiger partial charge is 0.362 e. The summed E-state index contributed by atoms with van der Waals surface area (Å²) in [5, 5.41) is 6.27.